The maximum Gasteiger partial charge on any atom is 0.411 e. The van der Waals surface area contributed by atoms with Gasteiger partial charge in [0.05, 0.1) is 18.8 Å². The van der Waals surface area contributed by atoms with Crippen molar-refractivity contribution >= 4 is 29.1 Å². The summed E-state index contributed by atoms with van der Waals surface area (Å²) in [7, 11) is 1.50. The molecule has 0 aliphatic rings. The van der Waals surface area contributed by atoms with Crippen LogP contribution in [0.15, 0.2) is 42.5 Å². The monoisotopic (exact) mass is 379 g/mol. The van der Waals surface area contributed by atoms with Crippen LogP contribution in [0, 0.1) is 11.6 Å². The molecule has 0 aliphatic carbocycles. The van der Waals surface area contributed by atoms with Crippen molar-refractivity contribution in [2.75, 3.05) is 42.8 Å². The maximum atomic E-state index is 13.5. The van der Waals surface area contributed by atoms with Gasteiger partial charge in [0.15, 0.2) is 0 Å². The summed E-state index contributed by atoms with van der Waals surface area (Å²) in [4.78, 5) is 23.5. The molecule has 0 saturated heterocycles. The number of nitrogens with one attached hydrogen (secondary N) is 3. The average molecular weight is 379 g/mol. The lowest BCUT2D eigenvalue weighted by Gasteiger charge is -2.11. The quantitative estimate of drug-likeness (QED) is 0.613. The first-order valence-electron chi connectivity index (χ1n) is 7.99. The number of hydrogen-bond acceptors (Lipinski definition) is 5. The number of hydrogen-bond donors (Lipinski definition) is 3. The summed E-state index contributed by atoms with van der Waals surface area (Å²) in [5, 5.41) is 7.64. The van der Waals surface area contributed by atoms with Crippen LogP contribution in [0.25, 0.3) is 0 Å². The number of carbonyl (C=O) groups excluding carboxylic acids is 2. The minimum atomic E-state index is -0.733. The van der Waals surface area contributed by atoms with Gasteiger partial charge in [-0.05, 0) is 30.3 Å². The molecule has 3 N–H and O–H groups in total. The molecule has 0 fully saturated rings. The lowest BCUT2D eigenvalue weighted by Crippen LogP contribution is -2.22. The Balaban J connectivity index is 1.85. The number of anilines is 3. The number of ether oxygens (including phenoxy) is 2. The zero-order chi connectivity index (χ0) is 19.6. The third-order valence-corrected chi connectivity index (χ3v) is 3.29. The maximum absolute atomic E-state index is 13.5. The van der Waals surface area contributed by atoms with Crippen LogP contribution < -0.4 is 16.0 Å². The van der Waals surface area contributed by atoms with Crippen molar-refractivity contribution in [1.82, 2.24) is 0 Å². The minimum absolute atomic E-state index is 0.122. The summed E-state index contributed by atoms with van der Waals surface area (Å²) in [6, 6.07) is 9.36. The smallest absolute Gasteiger partial charge is 0.411 e. The van der Waals surface area contributed by atoms with E-state index in [1.807, 2.05) is 0 Å². The summed E-state index contributed by atoms with van der Waals surface area (Å²) in [5.41, 5.74) is 0.759. The predicted molar refractivity (Wildman–Crippen MR) is 96.8 cm³/mol. The van der Waals surface area contributed by atoms with Crippen molar-refractivity contribution in [2.24, 2.45) is 0 Å². The number of halogens is 2. The number of carbonyl (C=O) groups is 2. The van der Waals surface area contributed by atoms with Gasteiger partial charge in [0, 0.05) is 24.6 Å². The third kappa shape index (κ3) is 6.90. The fraction of sp³-hybridized carbons (Fsp3) is 0.222. The first-order valence-corrected chi connectivity index (χ1v) is 7.99. The lowest BCUT2D eigenvalue weighted by molar-refractivity contribution is -0.114. The van der Waals surface area contributed by atoms with E-state index in [0.717, 1.165) is 18.2 Å². The number of methoxy groups -OCH3 is 1. The second-order valence-electron chi connectivity index (χ2n) is 5.36. The second kappa shape index (κ2) is 10.1. The summed E-state index contributed by atoms with van der Waals surface area (Å²) in [5.74, 6) is -1.95. The van der Waals surface area contributed by atoms with Gasteiger partial charge in [-0.2, -0.15) is 0 Å². The van der Waals surface area contributed by atoms with Gasteiger partial charge in [0.25, 0.3) is 0 Å². The first kappa shape index (κ1) is 20.1. The van der Waals surface area contributed by atoms with Gasteiger partial charge < -0.3 is 20.1 Å². The molecule has 0 radical (unpaired) electrons. The molecule has 0 bridgehead atoms. The van der Waals surface area contributed by atoms with Gasteiger partial charge >= 0.3 is 6.09 Å². The molecule has 0 spiro atoms. The fourth-order valence-electron chi connectivity index (χ4n) is 2.05. The van der Waals surface area contributed by atoms with Crippen molar-refractivity contribution in [3.63, 3.8) is 0 Å². The Kier molecular flexibility index (Phi) is 7.50. The normalized spacial score (nSPS) is 10.2. The average Bonchev–Trinajstić information content (AvgIpc) is 2.63. The molecular formula is C18H19F2N3O4. The Hall–Kier alpha value is -3.20. The van der Waals surface area contributed by atoms with Crippen LogP contribution in [0.2, 0.25) is 0 Å². The van der Waals surface area contributed by atoms with Gasteiger partial charge in [-0.1, -0.05) is 6.07 Å². The molecule has 27 heavy (non-hydrogen) atoms. The van der Waals surface area contributed by atoms with Gasteiger partial charge in [0.1, 0.15) is 18.2 Å². The summed E-state index contributed by atoms with van der Waals surface area (Å²) in [6.45, 7) is 0.227. The van der Waals surface area contributed by atoms with Crippen LogP contribution in [0.5, 0.6) is 0 Å². The van der Waals surface area contributed by atoms with Gasteiger partial charge in [-0.15, -0.1) is 0 Å². The Morgan fingerprint density at radius 1 is 1.00 bits per heavy atom. The van der Waals surface area contributed by atoms with Crippen molar-refractivity contribution < 1.29 is 27.8 Å². The molecule has 9 heteroatoms. The molecular weight excluding hydrogens is 360 g/mol. The zero-order valence-corrected chi connectivity index (χ0v) is 14.6. The van der Waals surface area contributed by atoms with Crippen LogP contribution in [0.3, 0.4) is 0 Å². The van der Waals surface area contributed by atoms with E-state index >= 15 is 0 Å². The highest BCUT2D eigenvalue weighted by atomic mass is 19.1. The highest BCUT2D eigenvalue weighted by Crippen LogP contribution is 2.17. The lowest BCUT2D eigenvalue weighted by atomic mass is 10.2. The van der Waals surface area contributed by atoms with Gasteiger partial charge in [-0.3, -0.25) is 10.1 Å². The third-order valence-electron chi connectivity index (χ3n) is 3.29. The molecule has 7 nitrogen and oxygen atoms in total. The molecule has 2 rings (SSSR count). The van der Waals surface area contributed by atoms with E-state index < -0.39 is 23.6 Å². The van der Waals surface area contributed by atoms with Crippen LogP contribution in [0.4, 0.5) is 30.6 Å². The predicted octanol–water partition coefficient (Wildman–Crippen LogP) is 3.21. The molecule has 2 aromatic rings. The highest BCUT2D eigenvalue weighted by molar-refractivity contribution is 5.94. The highest BCUT2D eigenvalue weighted by Gasteiger charge is 2.09. The molecule has 2 aromatic carbocycles. The van der Waals surface area contributed by atoms with Crippen molar-refractivity contribution in [1.29, 1.82) is 0 Å². The van der Waals surface area contributed by atoms with Crippen LogP contribution >= 0.6 is 0 Å². The van der Waals surface area contributed by atoms with Crippen LogP contribution in [0.1, 0.15) is 0 Å². The Bertz CT molecular complexity index is 802. The Morgan fingerprint density at radius 3 is 2.56 bits per heavy atom. The Morgan fingerprint density at radius 2 is 1.78 bits per heavy atom. The summed E-state index contributed by atoms with van der Waals surface area (Å²) >= 11 is 0. The van der Waals surface area contributed by atoms with E-state index in [9.17, 15) is 18.4 Å². The molecule has 2 amide bonds. The number of benzene rings is 2. The van der Waals surface area contributed by atoms with Crippen molar-refractivity contribution in [2.45, 2.75) is 0 Å². The van der Waals surface area contributed by atoms with Crippen molar-refractivity contribution in [3.05, 3.63) is 54.1 Å². The second-order valence-corrected chi connectivity index (χ2v) is 5.36. The van der Waals surface area contributed by atoms with Crippen molar-refractivity contribution in [3.8, 4) is 0 Å². The first-order chi connectivity index (χ1) is 13.0. The van der Waals surface area contributed by atoms with E-state index in [1.54, 1.807) is 24.3 Å². The van der Waals surface area contributed by atoms with Gasteiger partial charge in [-0.25, -0.2) is 13.6 Å². The molecule has 0 unspecified atom stereocenters. The largest absolute Gasteiger partial charge is 0.447 e. The van der Waals surface area contributed by atoms with E-state index in [0.29, 0.717) is 11.4 Å². The molecule has 0 aromatic heterocycles. The van der Waals surface area contributed by atoms with E-state index in [4.69, 9.17) is 9.47 Å². The van der Waals surface area contributed by atoms with E-state index in [1.165, 1.54) is 7.11 Å². The van der Waals surface area contributed by atoms with Gasteiger partial charge in [0.2, 0.25) is 5.91 Å². The fourth-order valence-corrected chi connectivity index (χ4v) is 2.05. The zero-order valence-electron chi connectivity index (χ0n) is 14.6. The summed E-state index contributed by atoms with van der Waals surface area (Å²) < 4.78 is 36.3. The molecule has 0 saturated carbocycles. The standard InChI is InChI=1S/C18H19F2N3O4/c1-26-7-8-27-18(25)22-14-4-2-3-13(10-14)21-11-17(24)23-16-9-12(19)5-6-15(16)20/h2-6,9-10,21H,7-8,11H2,1H3,(H,22,25)(H,23,24). The topological polar surface area (TPSA) is 88.7 Å². The molecule has 0 aliphatic heterocycles. The van der Waals surface area contributed by atoms with Crippen LogP contribution in [-0.2, 0) is 14.3 Å². The molecule has 0 atom stereocenters. The summed E-state index contributed by atoms with van der Waals surface area (Å²) in [6.07, 6.45) is -0.636. The van der Waals surface area contributed by atoms with Crippen LogP contribution in [-0.4, -0.2) is 38.9 Å². The van der Waals surface area contributed by atoms with E-state index in [-0.39, 0.29) is 25.4 Å². The SMILES string of the molecule is COCCOC(=O)Nc1cccc(NCC(=O)Nc2cc(F)ccc2F)c1. The molecule has 144 valence electrons. The molecule has 0 heterocycles. The minimum Gasteiger partial charge on any atom is -0.447 e. The van der Waals surface area contributed by atoms with E-state index in [2.05, 4.69) is 16.0 Å². The Labute approximate surface area is 154 Å². The number of rotatable bonds is 8. The number of amides is 2.